The number of imide groups is 1. The molecule has 2 amide bonds. The minimum absolute atomic E-state index is 0.0235. The lowest BCUT2D eigenvalue weighted by Crippen LogP contribution is -2.31. The Morgan fingerprint density at radius 2 is 1.86 bits per heavy atom. The molecule has 0 atom stereocenters. The third-order valence-corrected chi connectivity index (χ3v) is 4.53. The fraction of sp³-hybridized carbons (Fsp3) is 0.167. The Hall–Kier alpha value is -3.14. The van der Waals surface area contributed by atoms with E-state index in [1.54, 1.807) is 12.1 Å². The first-order chi connectivity index (χ1) is 13.3. The highest BCUT2D eigenvalue weighted by Gasteiger charge is 2.35. The van der Waals surface area contributed by atoms with Crippen LogP contribution in [0.3, 0.4) is 0 Å². The summed E-state index contributed by atoms with van der Waals surface area (Å²) in [6.45, 7) is -0.0235. The van der Waals surface area contributed by atoms with Crippen molar-refractivity contribution < 1.29 is 28.4 Å². The maximum absolute atomic E-state index is 13.3. The Labute approximate surface area is 166 Å². The molecule has 0 bridgehead atoms. The molecule has 2 aromatic rings. The molecule has 0 saturated heterocycles. The Bertz CT molecular complexity index is 1010. The Morgan fingerprint density at radius 3 is 2.57 bits per heavy atom. The van der Waals surface area contributed by atoms with Crippen LogP contribution >= 0.6 is 15.9 Å². The molecular formula is C18H12BrFN2O6. The van der Waals surface area contributed by atoms with Crippen LogP contribution in [-0.2, 0) is 4.79 Å². The van der Waals surface area contributed by atoms with E-state index in [-0.39, 0.29) is 30.5 Å². The predicted molar refractivity (Wildman–Crippen MR) is 97.4 cm³/mol. The van der Waals surface area contributed by atoms with Gasteiger partial charge in [0.25, 0.3) is 11.8 Å². The quantitative estimate of drug-likeness (QED) is 0.219. The Kier molecular flexibility index (Phi) is 5.50. The van der Waals surface area contributed by atoms with Gasteiger partial charge in [0.15, 0.2) is 0 Å². The first kappa shape index (κ1) is 19.6. The van der Waals surface area contributed by atoms with Crippen molar-refractivity contribution >= 4 is 39.4 Å². The maximum atomic E-state index is 13.3. The molecule has 10 heteroatoms. The highest BCUT2D eigenvalue weighted by molar-refractivity contribution is 9.10. The number of amides is 2. The number of halogens is 2. The van der Waals surface area contributed by atoms with Gasteiger partial charge in [-0.05, 0) is 30.7 Å². The minimum atomic E-state index is -0.840. The van der Waals surface area contributed by atoms with Gasteiger partial charge in [0.1, 0.15) is 5.82 Å². The Balaban J connectivity index is 1.60. The van der Waals surface area contributed by atoms with Gasteiger partial charge in [-0.1, -0.05) is 15.9 Å². The van der Waals surface area contributed by atoms with Crippen molar-refractivity contribution in [2.75, 3.05) is 6.54 Å². The molecule has 3 rings (SSSR count). The lowest BCUT2D eigenvalue weighted by Gasteiger charge is -2.13. The molecule has 28 heavy (non-hydrogen) atoms. The number of nitro benzene ring substituents is 1. The van der Waals surface area contributed by atoms with E-state index in [4.69, 9.17) is 4.74 Å². The molecule has 0 saturated carbocycles. The normalized spacial score (nSPS) is 12.9. The van der Waals surface area contributed by atoms with E-state index < -0.39 is 40.0 Å². The van der Waals surface area contributed by atoms with Crippen LogP contribution in [0.15, 0.2) is 40.9 Å². The van der Waals surface area contributed by atoms with Crippen molar-refractivity contribution in [2.24, 2.45) is 0 Å². The number of ether oxygens (including phenoxy) is 1. The molecule has 1 heterocycles. The summed E-state index contributed by atoms with van der Waals surface area (Å²) in [5.74, 6) is -3.05. The molecule has 0 fully saturated rings. The average molecular weight is 451 g/mol. The first-order valence-corrected chi connectivity index (χ1v) is 8.87. The van der Waals surface area contributed by atoms with Gasteiger partial charge in [-0.2, -0.15) is 0 Å². The third-order valence-electron chi connectivity index (χ3n) is 4.04. The van der Waals surface area contributed by atoms with Crippen molar-refractivity contribution in [3.05, 3.63) is 67.9 Å². The molecule has 1 aliphatic rings. The number of rotatable bonds is 6. The average Bonchev–Trinajstić information content (AvgIpc) is 2.85. The summed E-state index contributed by atoms with van der Waals surface area (Å²) in [6, 6.07) is 7.27. The van der Waals surface area contributed by atoms with Gasteiger partial charge in [-0.15, -0.1) is 0 Å². The summed E-state index contributed by atoms with van der Waals surface area (Å²) in [6.07, 6.45) is -0.126. The van der Waals surface area contributed by atoms with Gasteiger partial charge in [0.05, 0.1) is 16.1 Å². The van der Waals surface area contributed by atoms with Gasteiger partial charge in [-0.3, -0.25) is 29.4 Å². The van der Waals surface area contributed by atoms with Crippen LogP contribution in [-0.4, -0.2) is 34.2 Å². The summed E-state index contributed by atoms with van der Waals surface area (Å²) in [4.78, 5) is 47.7. The number of nitro groups is 1. The van der Waals surface area contributed by atoms with Gasteiger partial charge in [-0.25, -0.2) is 4.39 Å². The molecular weight excluding hydrogens is 439 g/mol. The molecule has 0 aliphatic carbocycles. The second kappa shape index (κ2) is 7.85. The van der Waals surface area contributed by atoms with E-state index in [9.17, 15) is 28.9 Å². The number of benzene rings is 2. The second-order valence-electron chi connectivity index (χ2n) is 5.90. The zero-order chi connectivity index (χ0) is 20.4. The highest BCUT2D eigenvalue weighted by atomic mass is 79.9. The SMILES string of the molecule is O=C(CCCN1C(=O)c2ccc(Br)cc2C1=O)Oc1cc(F)ccc1[N+](=O)[O-]. The molecule has 8 nitrogen and oxygen atoms in total. The van der Waals surface area contributed by atoms with Crippen LogP contribution in [0.1, 0.15) is 33.6 Å². The van der Waals surface area contributed by atoms with Gasteiger partial charge in [0.2, 0.25) is 5.75 Å². The van der Waals surface area contributed by atoms with Crippen LogP contribution < -0.4 is 4.74 Å². The monoisotopic (exact) mass is 450 g/mol. The van der Waals surface area contributed by atoms with Crippen LogP contribution in [0, 0.1) is 15.9 Å². The molecule has 1 aliphatic heterocycles. The summed E-state index contributed by atoms with van der Waals surface area (Å²) in [7, 11) is 0. The number of fused-ring (bicyclic) bond motifs is 1. The smallest absolute Gasteiger partial charge is 0.311 e. The number of hydrogen-bond acceptors (Lipinski definition) is 6. The van der Waals surface area contributed by atoms with Crippen molar-refractivity contribution in [3.63, 3.8) is 0 Å². The fourth-order valence-corrected chi connectivity index (χ4v) is 3.10. The fourth-order valence-electron chi connectivity index (χ4n) is 2.74. The van der Waals surface area contributed by atoms with E-state index in [1.807, 2.05) is 0 Å². The van der Waals surface area contributed by atoms with Gasteiger partial charge in [0, 0.05) is 29.6 Å². The molecule has 0 radical (unpaired) electrons. The first-order valence-electron chi connectivity index (χ1n) is 8.08. The Morgan fingerprint density at radius 1 is 1.14 bits per heavy atom. The van der Waals surface area contributed by atoms with Gasteiger partial charge < -0.3 is 4.74 Å². The summed E-state index contributed by atoms with van der Waals surface area (Å²) in [5, 5.41) is 10.9. The van der Waals surface area contributed by atoms with Crippen LogP contribution in [0.5, 0.6) is 5.75 Å². The third kappa shape index (κ3) is 3.91. The lowest BCUT2D eigenvalue weighted by molar-refractivity contribution is -0.385. The zero-order valence-electron chi connectivity index (χ0n) is 14.2. The second-order valence-corrected chi connectivity index (χ2v) is 6.81. The van der Waals surface area contributed by atoms with E-state index in [0.717, 1.165) is 23.1 Å². The molecule has 2 aromatic carbocycles. The van der Waals surface area contributed by atoms with Gasteiger partial charge >= 0.3 is 11.7 Å². The molecule has 0 spiro atoms. The molecule has 0 N–H and O–H groups in total. The number of hydrogen-bond donors (Lipinski definition) is 0. The number of carbonyl (C=O) groups excluding carboxylic acids is 3. The van der Waals surface area contributed by atoms with Crippen LogP contribution in [0.25, 0.3) is 0 Å². The number of nitrogens with zero attached hydrogens (tertiary/aromatic N) is 2. The van der Waals surface area contributed by atoms with Crippen molar-refractivity contribution in [1.29, 1.82) is 0 Å². The number of carbonyl (C=O) groups is 3. The zero-order valence-corrected chi connectivity index (χ0v) is 15.8. The molecule has 0 unspecified atom stereocenters. The predicted octanol–water partition coefficient (Wildman–Crippen LogP) is 3.48. The maximum Gasteiger partial charge on any atom is 0.311 e. The van der Waals surface area contributed by atoms with Crippen molar-refractivity contribution in [2.45, 2.75) is 12.8 Å². The standard InChI is InChI=1S/C18H12BrFN2O6/c19-10-3-5-12-13(8-10)18(25)21(17(12)24)7-1-2-16(23)28-15-9-11(20)4-6-14(15)22(26)27/h3-6,8-9H,1-2,7H2. The highest BCUT2D eigenvalue weighted by Crippen LogP contribution is 2.28. The van der Waals surface area contributed by atoms with Crippen molar-refractivity contribution in [1.82, 2.24) is 4.90 Å². The summed E-state index contributed by atoms with van der Waals surface area (Å²) in [5.41, 5.74) is 0.0178. The summed E-state index contributed by atoms with van der Waals surface area (Å²) >= 11 is 3.24. The summed E-state index contributed by atoms with van der Waals surface area (Å²) < 4.78 is 18.8. The van der Waals surface area contributed by atoms with E-state index >= 15 is 0 Å². The van der Waals surface area contributed by atoms with Crippen molar-refractivity contribution in [3.8, 4) is 5.75 Å². The molecule has 144 valence electrons. The van der Waals surface area contributed by atoms with E-state index in [0.29, 0.717) is 4.47 Å². The van der Waals surface area contributed by atoms with E-state index in [1.165, 1.54) is 6.07 Å². The molecule has 0 aromatic heterocycles. The van der Waals surface area contributed by atoms with Crippen LogP contribution in [0.2, 0.25) is 0 Å². The van der Waals surface area contributed by atoms with E-state index in [2.05, 4.69) is 15.9 Å². The minimum Gasteiger partial charge on any atom is -0.419 e. The largest absolute Gasteiger partial charge is 0.419 e. The van der Waals surface area contributed by atoms with Crippen LogP contribution in [0.4, 0.5) is 10.1 Å². The number of esters is 1. The topological polar surface area (TPSA) is 107 Å². The lowest BCUT2D eigenvalue weighted by atomic mass is 10.1.